The van der Waals surface area contributed by atoms with E-state index in [-0.39, 0.29) is 12.1 Å². The van der Waals surface area contributed by atoms with E-state index >= 15 is 0 Å². The van der Waals surface area contributed by atoms with Crippen molar-refractivity contribution < 1.29 is 4.79 Å². The summed E-state index contributed by atoms with van der Waals surface area (Å²) < 4.78 is 1.04. The Labute approximate surface area is 110 Å². The van der Waals surface area contributed by atoms with Crippen molar-refractivity contribution >= 4 is 34.3 Å². The van der Waals surface area contributed by atoms with E-state index < -0.39 is 0 Å². The van der Waals surface area contributed by atoms with Crippen LogP contribution in [-0.2, 0) is 0 Å². The number of anilines is 1. The van der Waals surface area contributed by atoms with E-state index in [1.165, 1.54) is 0 Å². The highest BCUT2D eigenvalue weighted by Gasteiger charge is 2.07. The number of benzene rings is 1. The predicted molar refractivity (Wildman–Crippen MR) is 75.7 cm³/mol. The molecule has 1 aromatic rings. The molecule has 88 valence electrons. The Kier molecular flexibility index (Phi) is 5.59. The van der Waals surface area contributed by atoms with E-state index in [0.29, 0.717) is 0 Å². The van der Waals surface area contributed by atoms with Crippen LogP contribution in [0.25, 0.3) is 0 Å². The number of carbonyl (C=O) groups excluding carboxylic acids is 1. The molecule has 0 heterocycles. The Balaban J connectivity index is 2.49. The predicted octanol–water partition coefficient (Wildman–Crippen LogP) is 3.60. The minimum atomic E-state index is -0.134. The molecule has 0 saturated carbocycles. The second-order valence-electron chi connectivity index (χ2n) is 3.77. The van der Waals surface area contributed by atoms with Crippen molar-refractivity contribution in [2.24, 2.45) is 0 Å². The number of urea groups is 1. The molecule has 0 aliphatic carbocycles. The summed E-state index contributed by atoms with van der Waals surface area (Å²) in [7, 11) is 0. The maximum absolute atomic E-state index is 11.6. The van der Waals surface area contributed by atoms with Crippen molar-refractivity contribution in [3.05, 3.63) is 27.8 Å². The smallest absolute Gasteiger partial charge is 0.319 e. The second kappa shape index (κ2) is 6.73. The van der Waals surface area contributed by atoms with E-state index in [1.54, 1.807) is 0 Å². The summed E-state index contributed by atoms with van der Waals surface area (Å²) in [4.78, 5) is 11.6. The molecule has 0 aliphatic heterocycles. The van der Waals surface area contributed by atoms with E-state index in [0.717, 1.165) is 22.1 Å². The van der Waals surface area contributed by atoms with E-state index in [9.17, 15) is 4.79 Å². The van der Waals surface area contributed by atoms with Gasteiger partial charge in [-0.25, -0.2) is 4.79 Å². The first kappa shape index (κ1) is 13.3. The third-order valence-corrected chi connectivity index (χ3v) is 3.16. The fourth-order valence-corrected chi connectivity index (χ4v) is 1.97. The summed E-state index contributed by atoms with van der Waals surface area (Å²) in [5.41, 5.74) is 0.851. The van der Waals surface area contributed by atoms with Crippen molar-refractivity contribution in [3.63, 3.8) is 0 Å². The molecule has 0 spiro atoms. The summed E-state index contributed by atoms with van der Waals surface area (Å²) in [6.07, 6.45) is 2.07. The van der Waals surface area contributed by atoms with Crippen LogP contribution in [0.5, 0.6) is 0 Å². The number of hydrogen-bond acceptors (Lipinski definition) is 1. The average molecular weight is 332 g/mol. The molecule has 2 N–H and O–H groups in total. The normalized spacial score (nSPS) is 11.9. The number of nitrogens with one attached hydrogen (secondary N) is 2. The third kappa shape index (κ3) is 4.38. The van der Waals surface area contributed by atoms with Gasteiger partial charge >= 0.3 is 6.03 Å². The summed E-state index contributed by atoms with van der Waals surface area (Å²) >= 11 is 2.20. The highest BCUT2D eigenvalue weighted by Crippen LogP contribution is 2.16. The zero-order valence-electron chi connectivity index (χ0n) is 9.59. The Morgan fingerprint density at radius 3 is 2.75 bits per heavy atom. The van der Waals surface area contributed by atoms with Crippen LogP contribution in [0.1, 0.15) is 26.7 Å². The Hall–Kier alpha value is -0.780. The monoisotopic (exact) mass is 332 g/mol. The second-order valence-corrected chi connectivity index (χ2v) is 4.93. The number of halogens is 1. The first-order valence-electron chi connectivity index (χ1n) is 5.45. The molecule has 0 bridgehead atoms. The third-order valence-electron chi connectivity index (χ3n) is 2.22. The molecule has 3 nitrogen and oxygen atoms in total. The Morgan fingerprint density at radius 1 is 1.44 bits per heavy atom. The number of carbonyl (C=O) groups is 1. The maximum atomic E-state index is 11.6. The van der Waals surface area contributed by atoms with Crippen molar-refractivity contribution in [1.82, 2.24) is 5.32 Å². The lowest BCUT2D eigenvalue weighted by molar-refractivity contribution is 0.248. The first-order valence-corrected chi connectivity index (χ1v) is 6.53. The highest BCUT2D eigenvalue weighted by atomic mass is 127. The lowest BCUT2D eigenvalue weighted by atomic mass is 10.2. The fraction of sp³-hybridized carbons (Fsp3) is 0.417. The molecule has 2 amide bonds. The fourth-order valence-electron chi connectivity index (χ4n) is 1.45. The minimum Gasteiger partial charge on any atom is -0.335 e. The Bertz CT molecular complexity index is 355. The van der Waals surface area contributed by atoms with Gasteiger partial charge in [-0.15, -0.1) is 0 Å². The molecule has 4 heteroatoms. The van der Waals surface area contributed by atoms with E-state index in [1.807, 2.05) is 31.2 Å². The van der Waals surface area contributed by atoms with Gasteiger partial charge < -0.3 is 10.6 Å². The lowest BCUT2D eigenvalue weighted by Gasteiger charge is -2.14. The summed E-state index contributed by atoms with van der Waals surface area (Å²) in [5.74, 6) is 0. The molecule has 1 aromatic carbocycles. The largest absolute Gasteiger partial charge is 0.335 e. The number of hydrogen-bond donors (Lipinski definition) is 2. The van der Waals surface area contributed by atoms with Gasteiger partial charge in [-0.1, -0.05) is 25.5 Å². The Morgan fingerprint density at radius 2 is 2.12 bits per heavy atom. The number of rotatable bonds is 4. The molecule has 0 aliphatic rings. The van der Waals surface area contributed by atoms with Gasteiger partial charge in [-0.2, -0.15) is 0 Å². The molecule has 1 atom stereocenters. The lowest BCUT2D eigenvalue weighted by Crippen LogP contribution is -2.36. The first-order chi connectivity index (χ1) is 7.63. The standard InChI is InChI=1S/C12H17IN2O/c1-3-6-9(2)14-12(16)15-11-8-5-4-7-10(11)13/h4-5,7-9H,3,6H2,1-2H3,(H2,14,15,16). The molecular formula is C12H17IN2O. The van der Waals surface area contributed by atoms with Gasteiger partial charge in [0.15, 0.2) is 0 Å². The van der Waals surface area contributed by atoms with Gasteiger partial charge in [-0.05, 0) is 48.1 Å². The molecule has 1 unspecified atom stereocenters. The highest BCUT2D eigenvalue weighted by molar-refractivity contribution is 14.1. The summed E-state index contributed by atoms with van der Waals surface area (Å²) in [6.45, 7) is 4.12. The summed E-state index contributed by atoms with van der Waals surface area (Å²) in [6, 6.07) is 7.80. The van der Waals surface area contributed by atoms with Crippen LogP contribution in [-0.4, -0.2) is 12.1 Å². The van der Waals surface area contributed by atoms with Crippen molar-refractivity contribution in [2.45, 2.75) is 32.7 Å². The molecule has 0 saturated heterocycles. The minimum absolute atomic E-state index is 0.134. The van der Waals surface area contributed by atoms with Crippen molar-refractivity contribution in [1.29, 1.82) is 0 Å². The molecule has 0 radical (unpaired) electrons. The van der Waals surface area contributed by atoms with Crippen molar-refractivity contribution in [3.8, 4) is 0 Å². The van der Waals surface area contributed by atoms with E-state index in [2.05, 4.69) is 40.1 Å². The van der Waals surface area contributed by atoms with Gasteiger partial charge in [0.05, 0.1) is 5.69 Å². The molecule has 16 heavy (non-hydrogen) atoms. The van der Waals surface area contributed by atoms with Gasteiger partial charge in [-0.3, -0.25) is 0 Å². The summed E-state index contributed by atoms with van der Waals surface area (Å²) in [5, 5.41) is 5.75. The van der Waals surface area contributed by atoms with Gasteiger partial charge in [0.1, 0.15) is 0 Å². The van der Waals surface area contributed by atoms with Crippen LogP contribution in [0.15, 0.2) is 24.3 Å². The zero-order chi connectivity index (χ0) is 12.0. The van der Waals surface area contributed by atoms with Crippen LogP contribution in [0, 0.1) is 3.57 Å². The average Bonchev–Trinajstić information content (AvgIpc) is 2.21. The molecule has 0 aromatic heterocycles. The molecular weight excluding hydrogens is 315 g/mol. The maximum Gasteiger partial charge on any atom is 0.319 e. The van der Waals surface area contributed by atoms with Gasteiger partial charge in [0.2, 0.25) is 0 Å². The molecule has 0 fully saturated rings. The van der Waals surface area contributed by atoms with Crippen LogP contribution < -0.4 is 10.6 Å². The van der Waals surface area contributed by atoms with Crippen LogP contribution >= 0.6 is 22.6 Å². The van der Waals surface area contributed by atoms with Crippen LogP contribution in [0.4, 0.5) is 10.5 Å². The van der Waals surface area contributed by atoms with E-state index in [4.69, 9.17) is 0 Å². The SMILES string of the molecule is CCCC(C)NC(=O)Nc1ccccc1I. The van der Waals surface area contributed by atoms with Crippen LogP contribution in [0.3, 0.4) is 0 Å². The van der Waals surface area contributed by atoms with Crippen molar-refractivity contribution in [2.75, 3.05) is 5.32 Å². The quantitative estimate of drug-likeness (QED) is 0.813. The van der Waals surface area contributed by atoms with Gasteiger partial charge in [0, 0.05) is 9.61 Å². The molecule has 1 rings (SSSR count). The number of para-hydroxylation sites is 1. The topological polar surface area (TPSA) is 41.1 Å². The van der Waals surface area contributed by atoms with Crippen LogP contribution in [0.2, 0.25) is 0 Å². The van der Waals surface area contributed by atoms with Gasteiger partial charge in [0.25, 0.3) is 0 Å². The zero-order valence-corrected chi connectivity index (χ0v) is 11.7. The number of amides is 2.